The summed E-state index contributed by atoms with van der Waals surface area (Å²) >= 11 is 16.6. The summed E-state index contributed by atoms with van der Waals surface area (Å²) in [4.78, 5) is 0. The van der Waals surface area contributed by atoms with Crippen molar-refractivity contribution in [1.82, 2.24) is 15.0 Å². The van der Waals surface area contributed by atoms with Gasteiger partial charge in [-0.3, -0.25) is 0 Å². The van der Waals surface area contributed by atoms with Crippen molar-refractivity contribution in [2.75, 3.05) is 0 Å². The number of unbranched alkanes of at least 4 members (excludes halogenated alkanes) is 3. The van der Waals surface area contributed by atoms with Gasteiger partial charge in [0.05, 0.1) is 0 Å². The summed E-state index contributed by atoms with van der Waals surface area (Å²) in [5, 5.41) is 6.20. The van der Waals surface area contributed by atoms with Crippen molar-refractivity contribution in [1.29, 1.82) is 0 Å². The smallest absolute Gasteiger partial charge is 0.244 e. The molecule has 0 aliphatic rings. The van der Waals surface area contributed by atoms with Gasteiger partial charge in [-0.25, -0.2) is 4.68 Å². The molecule has 22 heavy (non-hydrogen) atoms. The molecule has 0 bridgehead atoms. The van der Waals surface area contributed by atoms with Gasteiger partial charge < -0.3 is 0 Å². The predicted octanol–water partition coefficient (Wildman–Crippen LogP) is 5.34. The molecule has 1 aromatic rings. The summed E-state index contributed by atoms with van der Waals surface area (Å²) in [6.45, 7) is 1.99. The molecule has 0 aliphatic heterocycles. The van der Waals surface area contributed by atoms with Gasteiger partial charge in [0.25, 0.3) is 0 Å². The number of rotatable bonds is 6. The quantitative estimate of drug-likeness (QED) is 0.374. The highest BCUT2D eigenvalue weighted by Gasteiger charge is 2.63. The van der Waals surface area contributed by atoms with Gasteiger partial charge in [0.2, 0.25) is 3.79 Å². The lowest BCUT2D eigenvalue weighted by Gasteiger charge is -2.21. The Bertz CT molecular complexity index is 496. The normalized spacial score (nSPS) is 13.7. The second-order valence-corrected chi connectivity index (χ2v) is 6.92. The van der Waals surface area contributed by atoms with E-state index in [1.165, 1.54) is 0 Å². The molecule has 0 fully saturated rings. The Hall–Kier alpha value is -0.340. The van der Waals surface area contributed by atoms with Crippen molar-refractivity contribution in [3.8, 4) is 0 Å². The molecular weight excluding hydrogens is 375 g/mol. The maximum atomic E-state index is 13.5. The van der Waals surface area contributed by atoms with Crippen LogP contribution in [-0.2, 0) is 16.3 Å². The van der Waals surface area contributed by atoms with E-state index >= 15 is 0 Å². The average molecular weight is 389 g/mol. The zero-order chi connectivity index (χ0) is 17.2. The molecular formula is C11H13Cl3F5N3. The van der Waals surface area contributed by atoms with Gasteiger partial charge >= 0.3 is 12.1 Å². The van der Waals surface area contributed by atoms with Crippen molar-refractivity contribution >= 4 is 34.8 Å². The van der Waals surface area contributed by atoms with Gasteiger partial charge in [0.1, 0.15) is 5.69 Å². The van der Waals surface area contributed by atoms with Crippen LogP contribution in [0, 0.1) is 0 Å². The lowest BCUT2D eigenvalue weighted by molar-refractivity contribution is -0.291. The molecule has 0 radical (unpaired) electrons. The van der Waals surface area contributed by atoms with Gasteiger partial charge in [-0.15, -0.1) is 5.10 Å². The number of hydrogen-bond acceptors (Lipinski definition) is 2. The summed E-state index contributed by atoms with van der Waals surface area (Å²) in [6.07, 6.45) is -2.83. The first-order valence-corrected chi connectivity index (χ1v) is 7.52. The molecule has 1 aromatic heterocycles. The zero-order valence-corrected chi connectivity index (χ0v) is 13.7. The molecule has 0 spiro atoms. The van der Waals surface area contributed by atoms with Crippen molar-refractivity contribution in [3.63, 3.8) is 0 Å². The molecule has 0 aliphatic carbocycles. The standard InChI is InChI=1S/C11H13Cl3F5N3/c1-2-3-4-5-6-22-8(10(12,13)14)7(20-21-22)9(15,16)11(17,18)19/h2-6H2,1H3. The maximum Gasteiger partial charge on any atom is 0.459 e. The van der Waals surface area contributed by atoms with Crippen molar-refractivity contribution < 1.29 is 22.0 Å². The number of halogens is 8. The summed E-state index contributed by atoms with van der Waals surface area (Å²) in [6, 6.07) is 0. The number of hydrogen-bond donors (Lipinski definition) is 0. The van der Waals surface area contributed by atoms with E-state index < -0.39 is 27.3 Å². The number of alkyl halides is 8. The number of nitrogens with zero attached hydrogens (tertiary/aromatic N) is 3. The SMILES string of the molecule is CCCCCCn1nnc(C(F)(F)C(F)(F)F)c1C(Cl)(Cl)Cl. The Morgan fingerprint density at radius 3 is 2.05 bits per heavy atom. The highest BCUT2D eigenvalue weighted by molar-refractivity contribution is 6.66. The number of aryl methyl sites for hydroxylation is 1. The first-order chi connectivity index (χ1) is 9.93. The van der Waals surface area contributed by atoms with Crippen LogP contribution in [0.1, 0.15) is 44.0 Å². The monoisotopic (exact) mass is 387 g/mol. The van der Waals surface area contributed by atoms with Crippen LogP contribution in [0.25, 0.3) is 0 Å². The maximum absolute atomic E-state index is 13.5. The van der Waals surface area contributed by atoms with Gasteiger partial charge in [0, 0.05) is 6.54 Å². The Balaban J connectivity index is 3.18. The van der Waals surface area contributed by atoms with Crippen molar-refractivity contribution in [2.45, 2.75) is 55.0 Å². The Labute approximate surface area is 138 Å². The molecule has 0 aromatic carbocycles. The van der Waals surface area contributed by atoms with Crippen molar-refractivity contribution in [2.24, 2.45) is 0 Å². The van der Waals surface area contributed by atoms with Crippen LogP contribution in [-0.4, -0.2) is 21.2 Å². The second kappa shape index (κ2) is 7.05. The largest absolute Gasteiger partial charge is 0.459 e. The number of aromatic nitrogens is 3. The first kappa shape index (κ1) is 19.7. The van der Waals surface area contributed by atoms with E-state index in [9.17, 15) is 22.0 Å². The van der Waals surface area contributed by atoms with E-state index in [1.54, 1.807) is 0 Å². The van der Waals surface area contributed by atoms with Gasteiger partial charge in [-0.2, -0.15) is 22.0 Å². The minimum atomic E-state index is -5.86. The molecule has 0 N–H and O–H groups in total. The molecule has 0 amide bonds. The summed E-state index contributed by atoms with van der Waals surface area (Å²) in [5.41, 5.74) is -2.55. The average Bonchev–Trinajstić information content (AvgIpc) is 2.77. The molecule has 1 heterocycles. The van der Waals surface area contributed by atoms with Crippen LogP contribution in [0.2, 0.25) is 0 Å². The topological polar surface area (TPSA) is 30.7 Å². The van der Waals surface area contributed by atoms with Crippen LogP contribution in [0.4, 0.5) is 22.0 Å². The van der Waals surface area contributed by atoms with Gasteiger partial charge in [-0.1, -0.05) is 66.2 Å². The Morgan fingerprint density at radius 2 is 1.59 bits per heavy atom. The summed E-state index contributed by atoms with van der Waals surface area (Å²) < 4.78 is 62.8. The Kier molecular flexibility index (Phi) is 6.31. The zero-order valence-electron chi connectivity index (χ0n) is 11.4. The third-order valence-electron chi connectivity index (χ3n) is 2.88. The molecule has 128 valence electrons. The molecule has 0 saturated heterocycles. The van der Waals surface area contributed by atoms with E-state index in [0.29, 0.717) is 6.42 Å². The van der Waals surface area contributed by atoms with Crippen LogP contribution < -0.4 is 0 Å². The van der Waals surface area contributed by atoms with Crippen LogP contribution in [0.5, 0.6) is 0 Å². The fourth-order valence-electron chi connectivity index (χ4n) is 1.78. The van der Waals surface area contributed by atoms with Crippen LogP contribution in [0.3, 0.4) is 0 Å². The van der Waals surface area contributed by atoms with E-state index in [1.807, 2.05) is 6.92 Å². The first-order valence-electron chi connectivity index (χ1n) is 6.38. The van der Waals surface area contributed by atoms with Crippen LogP contribution >= 0.6 is 34.8 Å². The molecule has 0 saturated carbocycles. The molecule has 1 rings (SSSR count). The van der Waals surface area contributed by atoms with Gasteiger partial charge in [-0.05, 0) is 6.42 Å². The van der Waals surface area contributed by atoms with E-state index in [0.717, 1.165) is 23.9 Å². The summed E-state index contributed by atoms with van der Waals surface area (Å²) in [5.74, 6) is -5.26. The van der Waals surface area contributed by atoms with E-state index in [-0.39, 0.29) is 6.54 Å². The van der Waals surface area contributed by atoms with Crippen molar-refractivity contribution in [3.05, 3.63) is 11.4 Å². The summed E-state index contributed by atoms with van der Waals surface area (Å²) in [7, 11) is 0. The molecule has 0 atom stereocenters. The van der Waals surface area contributed by atoms with Gasteiger partial charge in [0.15, 0.2) is 5.69 Å². The van der Waals surface area contributed by atoms with E-state index in [2.05, 4.69) is 10.3 Å². The third kappa shape index (κ3) is 4.35. The molecule has 3 nitrogen and oxygen atoms in total. The van der Waals surface area contributed by atoms with E-state index in [4.69, 9.17) is 34.8 Å². The molecule has 11 heteroatoms. The second-order valence-electron chi connectivity index (χ2n) is 4.64. The molecule has 0 unspecified atom stereocenters. The Morgan fingerprint density at radius 1 is 1.00 bits per heavy atom. The highest BCUT2D eigenvalue weighted by Crippen LogP contribution is 2.49. The lowest BCUT2D eigenvalue weighted by atomic mass is 10.1. The third-order valence-corrected chi connectivity index (χ3v) is 3.42. The fourth-order valence-corrected chi connectivity index (χ4v) is 2.35. The minimum absolute atomic E-state index is 0.0319. The lowest BCUT2D eigenvalue weighted by Crippen LogP contribution is -2.36. The highest BCUT2D eigenvalue weighted by atomic mass is 35.6. The fraction of sp³-hybridized carbons (Fsp3) is 0.818. The predicted molar refractivity (Wildman–Crippen MR) is 73.4 cm³/mol. The van der Waals surface area contributed by atoms with Crippen LogP contribution in [0.15, 0.2) is 0 Å². The minimum Gasteiger partial charge on any atom is -0.244 e.